The largest absolute Gasteiger partial charge is 0.435 e. The zero-order valence-corrected chi connectivity index (χ0v) is 20.3. The minimum atomic E-state index is -4.27. The number of rotatable bonds is 11. The number of nitrogens with one attached hydrogen (secondary N) is 1. The molecule has 1 saturated carbocycles. The van der Waals surface area contributed by atoms with E-state index in [4.69, 9.17) is 5.14 Å². The van der Waals surface area contributed by atoms with Gasteiger partial charge in [0.25, 0.3) is 0 Å². The maximum atomic E-state index is 14.8. The van der Waals surface area contributed by atoms with Crippen LogP contribution in [0.4, 0.5) is 19.0 Å². The van der Waals surface area contributed by atoms with Gasteiger partial charge in [0.05, 0.1) is 30.9 Å². The molecule has 4 atom stereocenters. The molecule has 0 spiro atoms. The van der Waals surface area contributed by atoms with Crippen molar-refractivity contribution in [2.24, 2.45) is 11.1 Å². The van der Waals surface area contributed by atoms with E-state index in [1.807, 2.05) is 0 Å². The average molecular weight is 557 g/mol. The Kier molecular flexibility index (Phi) is 8.25. The van der Waals surface area contributed by atoms with Gasteiger partial charge >= 0.3 is 16.9 Å². The fraction of sp³-hybridized carbons (Fsp3) is 0.364. The molecular weight excluding hydrogens is 533 g/mol. The Hall–Kier alpha value is -3.60. The molecule has 204 valence electrons. The second-order valence-corrected chi connectivity index (χ2v) is 9.72. The average Bonchev–Trinajstić information content (AvgIpc) is 3.42. The van der Waals surface area contributed by atoms with E-state index in [9.17, 15) is 31.5 Å². The predicted molar refractivity (Wildman–Crippen MR) is 125 cm³/mol. The molecule has 1 aliphatic rings. The number of ether oxygens (including phenoxy) is 1. The van der Waals surface area contributed by atoms with Crippen molar-refractivity contribution in [3.8, 4) is 5.75 Å². The van der Waals surface area contributed by atoms with Crippen molar-refractivity contribution in [1.82, 2.24) is 19.7 Å². The van der Waals surface area contributed by atoms with Gasteiger partial charge in [0.2, 0.25) is 5.78 Å². The summed E-state index contributed by atoms with van der Waals surface area (Å²) >= 11 is 0. The lowest BCUT2D eigenvalue weighted by molar-refractivity contribution is -0.0498. The molecule has 0 amide bonds. The molecule has 38 heavy (non-hydrogen) atoms. The van der Waals surface area contributed by atoms with E-state index >= 15 is 0 Å². The van der Waals surface area contributed by atoms with Crippen LogP contribution in [0.25, 0.3) is 0 Å². The van der Waals surface area contributed by atoms with Crippen LogP contribution in [-0.4, -0.2) is 70.6 Å². The molecular formula is C22H23F3N6O6S. The van der Waals surface area contributed by atoms with Gasteiger partial charge in [-0.2, -0.15) is 22.3 Å². The van der Waals surface area contributed by atoms with E-state index in [-0.39, 0.29) is 35.8 Å². The third kappa shape index (κ3) is 6.83. The van der Waals surface area contributed by atoms with Crippen LogP contribution in [0, 0.1) is 5.92 Å². The molecule has 0 bridgehead atoms. The van der Waals surface area contributed by atoms with Crippen LogP contribution in [0.15, 0.2) is 49.1 Å². The SMILES string of the molecule is NS(=O)(=O)OC[C@H]1C[C@@H](Nc2ncncc2C(=O)c2ccn(Cc3cccc(OC(F)F)c3)n2)[C@@H](F)[C@@H]1O. The van der Waals surface area contributed by atoms with Crippen molar-refractivity contribution in [3.63, 3.8) is 0 Å². The lowest BCUT2D eigenvalue weighted by Crippen LogP contribution is -2.33. The number of carbonyl (C=O) groups excluding carboxylic acids is 1. The molecule has 0 unspecified atom stereocenters. The first-order valence-corrected chi connectivity index (χ1v) is 12.6. The number of anilines is 1. The fourth-order valence-corrected chi connectivity index (χ4v) is 4.45. The van der Waals surface area contributed by atoms with Crippen LogP contribution in [0.1, 0.15) is 28.0 Å². The normalized spacial score (nSPS) is 21.5. The van der Waals surface area contributed by atoms with Crippen molar-refractivity contribution >= 4 is 21.9 Å². The first kappa shape index (κ1) is 27.4. The Bertz CT molecular complexity index is 1390. The Balaban J connectivity index is 1.46. The van der Waals surface area contributed by atoms with Gasteiger partial charge in [-0.05, 0) is 30.2 Å². The van der Waals surface area contributed by atoms with E-state index in [0.29, 0.717) is 5.56 Å². The molecule has 2 heterocycles. The lowest BCUT2D eigenvalue weighted by Gasteiger charge is -2.18. The number of benzene rings is 1. The van der Waals surface area contributed by atoms with Crippen LogP contribution in [0.3, 0.4) is 0 Å². The molecule has 1 aromatic carbocycles. The highest BCUT2D eigenvalue weighted by Crippen LogP contribution is 2.32. The van der Waals surface area contributed by atoms with Crippen molar-refractivity contribution in [1.29, 1.82) is 0 Å². The summed E-state index contributed by atoms with van der Waals surface area (Å²) in [4.78, 5) is 21.0. The number of nitrogens with zero attached hydrogens (tertiary/aromatic N) is 4. The second-order valence-electron chi connectivity index (χ2n) is 8.50. The highest BCUT2D eigenvalue weighted by molar-refractivity contribution is 7.84. The number of halogens is 3. The number of carbonyl (C=O) groups is 1. The lowest BCUT2D eigenvalue weighted by atomic mass is 10.1. The third-order valence-corrected chi connectivity index (χ3v) is 6.28. The zero-order chi connectivity index (χ0) is 27.4. The molecule has 0 radical (unpaired) electrons. The monoisotopic (exact) mass is 556 g/mol. The summed E-state index contributed by atoms with van der Waals surface area (Å²) in [6.07, 6.45) is 0.514. The number of nitrogens with two attached hydrogens (primary N) is 1. The number of hydrogen-bond donors (Lipinski definition) is 3. The van der Waals surface area contributed by atoms with E-state index in [0.717, 1.165) is 6.33 Å². The van der Waals surface area contributed by atoms with Gasteiger partial charge in [0.15, 0.2) is 0 Å². The summed E-state index contributed by atoms with van der Waals surface area (Å²) in [6.45, 7) is -3.31. The maximum absolute atomic E-state index is 14.8. The topological polar surface area (TPSA) is 172 Å². The highest BCUT2D eigenvalue weighted by Gasteiger charge is 2.44. The van der Waals surface area contributed by atoms with E-state index in [2.05, 4.69) is 29.3 Å². The van der Waals surface area contributed by atoms with Crippen LogP contribution >= 0.6 is 0 Å². The minimum absolute atomic E-state index is 0.00994. The summed E-state index contributed by atoms with van der Waals surface area (Å²) in [5, 5.41) is 22.0. The van der Waals surface area contributed by atoms with Gasteiger partial charge in [0.1, 0.15) is 29.8 Å². The molecule has 12 nitrogen and oxygen atoms in total. The molecule has 1 fully saturated rings. The van der Waals surface area contributed by atoms with Gasteiger partial charge < -0.3 is 15.2 Å². The van der Waals surface area contributed by atoms with Gasteiger partial charge in [-0.3, -0.25) is 13.7 Å². The Labute approximate surface area is 214 Å². The molecule has 0 aliphatic heterocycles. The third-order valence-electron chi connectivity index (χ3n) is 5.82. The van der Waals surface area contributed by atoms with Crippen LogP contribution in [-0.2, 0) is 21.0 Å². The number of aliphatic hydroxyl groups excluding tert-OH is 1. The van der Waals surface area contributed by atoms with Crippen molar-refractivity contribution in [2.45, 2.75) is 37.9 Å². The van der Waals surface area contributed by atoms with Crippen molar-refractivity contribution in [2.75, 3.05) is 11.9 Å². The molecule has 4 rings (SSSR count). The van der Waals surface area contributed by atoms with E-state index < -0.39 is 53.5 Å². The first-order chi connectivity index (χ1) is 18.0. The standard InChI is InChI=1S/C22H23F3N6O6S/c23-18-17(7-13(19(18)32)10-36-38(26,34)35)29-21-15(8-27-11-28-21)20(33)16-4-5-31(30-16)9-12-2-1-3-14(6-12)37-22(24)25/h1-6,8,11,13,17-19,22,32H,7,9-10H2,(H2,26,34,35)(H,27,28,29)/t13-,17-,18-,19-/m1/s1. The van der Waals surface area contributed by atoms with E-state index in [1.165, 1.54) is 35.3 Å². The van der Waals surface area contributed by atoms with E-state index in [1.54, 1.807) is 12.1 Å². The summed E-state index contributed by atoms with van der Waals surface area (Å²) < 4.78 is 72.1. The second kappa shape index (κ2) is 11.4. The van der Waals surface area contributed by atoms with Gasteiger partial charge in [-0.15, -0.1) is 0 Å². The van der Waals surface area contributed by atoms with Crippen molar-refractivity contribution in [3.05, 3.63) is 65.9 Å². The number of aliphatic hydroxyl groups is 1. The Morgan fingerprint density at radius 2 is 2.11 bits per heavy atom. The number of ketones is 1. The summed E-state index contributed by atoms with van der Waals surface area (Å²) in [6, 6.07) is 6.47. The Morgan fingerprint density at radius 3 is 2.84 bits per heavy atom. The molecule has 2 aromatic heterocycles. The molecule has 0 saturated heterocycles. The quantitative estimate of drug-likeness (QED) is 0.292. The van der Waals surface area contributed by atoms with Gasteiger partial charge in [-0.25, -0.2) is 19.5 Å². The predicted octanol–water partition coefficient (Wildman–Crippen LogP) is 1.27. The number of alkyl halides is 3. The minimum Gasteiger partial charge on any atom is -0.435 e. The maximum Gasteiger partial charge on any atom is 0.387 e. The Morgan fingerprint density at radius 1 is 1.32 bits per heavy atom. The number of aromatic nitrogens is 4. The summed E-state index contributed by atoms with van der Waals surface area (Å²) in [5.74, 6) is -1.48. The molecule has 3 aromatic rings. The first-order valence-electron chi connectivity index (χ1n) is 11.2. The molecule has 4 N–H and O–H groups in total. The van der Waals surface area contributed by atoms with Gasteiger partial charge in [0, 0.05) is 18.3 Å². The zero-order valence-electron chi connectivity index (χ0n) is 19.5. The molecule has 1 aliphatic carbocycles. The smallest absolute Gasteiger partial charge is 0.387 e. The summed E-state index contributed by atoms with van der Waals surface area (Å²) in [5.41, 5.74) is 0.604. The highest BCUT2D eigenvalue weighted by atomic mass is 32.2. The van der Waals surface area contributed by atoms with Crippen LogP contribution < -0.4 is 15.2 Å². The fourth-order valence-electron chi connectivity index (χ4n) is 4.08. The summed E-state index contributed by atoms with van der Waals surface area (Å²) in [7, 11) is -4.27. The van der Waals surface area contributed by atoms with Crippen molar-refractivity contribution < 1.29 is 40.4 Å². The van der Waals surface area contributed by atoms with Gasteiger partial charge in [-0.1, -0.05) is 12.1 Å². The van der Waals surface area contributed by atoms with Crippen LogP contribution in [0.5, 0.6) is 5.75 Å². The van der Waals surface area contributed by atoms with Crippen LogP contribution in [0.2, 0.25) is 0 Å². The number of hydrogen-bond acceptors (Lipinski definition) is 10. The molecule has 16 heteroatoms.